The maximum atomic E-state index is 13.7. The fourth-order valence-corrected chi connectivity index (χ4v) is 5.66. The number of piperidine rings is 1. The summed E-state index contributed by atoms with van der Waals surface area (Å²) in [5.41, 5.74) is 0.327. The first-order valence-electron chi connectivity index (χ1n) is 10.6. The lowest BCUT2D eigenvalue weighted by molar-refractivity contribution is -0.142. The van der Waals surface area contributed by atoms with Gasteiger partial charge in [-0.2, -0.15) is 11.3 Å². The number of halogens is 2. The van der Waals surface area contributed by atoms with Gasteiger partial charge in [0.15, 0.2) is 5.78 Å². The van der Waals surface area contributed by atoms with E-state index < -0.39 is 17.4 Å². The molecule has 3 heterocycles. The molecule has 0 radical (unpaired) electrons. The normalized spacial score (nSPS) is 20.2. The average molecular weight is 525 g/mol. The van der Waals surface area contributed by atoms with E-state index in [-0.39, 0.29) is 23.9 Å². The van der Waals surface area contributed by atoms with Crippen molar-refractivity contribution in [2.24, 2.45) is 0 Å². The number of carbonyl (C=O) groups excluding carboxylic acids is 2. The Kier molecular flexibility index (Phi) is 6.35. The van der Waals surface area contributed by atoms with Crippen molar-refractivity contribution in [2.75, 3.05) is 0 Å². The second kappa shape index (κ2) is 9.45. The number of carbonyl (C=O) groups is 2. The van der Waals surface area contributed by atoms with E-state index in [0.29, 0.717) is 27.6 Å². The molecule has 1 amide bonds. The fourth-order valence-electron chi connectivity index (χ4n) is 4.29. The quantitative estimate of drug-likeness (QED) is 0.242. The smallest absolute Gasteiger partial charge is 0.248 e. The molecule has 2 atom stereocenters. The van der Waals surface area contributed by atoms with Crippen molar-refractivity contribution in [1.29, 1.82) is 0 Å². The summed E-state index contributed by atoms with van der Waals surface area (Å²) in [5.74, 6) is -1.58. The van der Waals surface area contributed by atoms with Gasteiger partial charge in [-0.1, -0.05) is 48.7 Å². The molecule has 0 aliphatic carbocycles. The number of thiol groups is 1. The molecule has 2 aromatic carbocycles. The number of amides is 1. The molecular weight excluding hydrogens is 507 g/mol. The van der Waals surface area contributed by atoms with Gasteiger partial charge in [0.1, 0.15) is 23.0 Å². The molecule has 9 heteroatoms. The van der Waals surface area contributed by atoms with Gasteiger partial charge in [0, 0.05) is 17.5 Å². The number of ether oxygens (including phenoxy) is 1. The van der Waals surface area contributed by atoms with Gasteiger partial charge in [0.2, 0.25) is 11.8 Å². The predicted molar refractivity (Wildman–Crippen MR) is 135 cm³/mol. The Hall–Kier alpha value is -3.20. The summed E-state index contributed by atoms with van der Waals surface area (Å²) in [7, 11) is 0. The molecule has 1 saturated heterocycles. The third-order valence-corrected chi connectivity index (χ3v) is 7.53. The van der Waals surface area contributed by atoms with Crippen LogP contribution in [0.4, 0.5) is 4.39 Å². The first kappa shape index (κ1) is 23.5. The molecule has 4 aromatic rings. The number of nitrogens with zero attached hydrogens (tertiary/aromatic N) is 2. The third kappa shape index (κ3) is 4.22. The van der Waals surface area contributed by atoms with E-state index in [1.165, 1.54) is 39.9 Å². The zero-order valence-electron chi connectivity index (χ0n) is 18.1. The van der Waals surface area contributed by atoms with Crippen LogP contribution in [0, 0.1) is 5.82 Å². The van der Waals surface area contributed by atoms with Crippen LogP contribution < -0.4 is 4.74 Å². The summed E-state index contributed by atoms with van der Waals surface area (Å²) in [6, 6.07) is 19.3. The van der Waals surface area contributed by atoms with Gasteiger partial charge in [0.05, 0.1) is 5.69 Å². The van der Waals surface area contributed by atoms with Crippen molar-refractivity contribution in [2.45, 2.75) is 17.9 Å². The Balaban J connectivity index is 1.58. The van der Waals surface area contributed by atoms with E-state index in [1.54, 1.807) is 42.5 Å². The third-order valence-electron chi connectivity index (χ3n) is 5.97. The van der Waals surface area contributed by atoms with Crippen LogP contribution in [0.25, 0.3) is 0 Å². The van der Waals surface area contributed by atoms with Crippen LogP contribution in [0.1, 0.15) is 29.2 Å². The highest BCUT2D eigenvalue weighted by Gasteiger charge is 2.53. The summed E-state index contributed by atoms with van der Waals surface area (Å²) in [6.45, 7) is 0. The van der Waals surface area contributed by atoms with Crippen molar-refractivity contribution in [3.05, 3.63) is 111 Å². The number of Topliss-reactive ketones (excluding diaryl/α,β-unsaturated/α-hetero) is 1. The van der Waals surface area contributed by atoms with Crippen molar-refractivity contribution in [1.82, 2.24) is 9.29 Å². The molecule has 0 N–H and O–H groups in total. The molecule has 2 aromatic heterocycles. The summed E-state index contributed by atoms with van der Waals surface area (Å²) >= 11 is 12.4. The van der Waals surface area contributed by atoms with Crippen molar-refractivity contribution >= 4 is 47.4 Å². The molecule has 0 saturated carbocycles. The Bertz CT molecular complexity index is 1400. The first-order chi connectivity index (χ1) is 16.9. The van der Waals surface area contributed by atoms with Crippen molar-refractivity contribution < 1.29 is 18.7 Å². The summed E-state index contributed by atoms with van der Waals surface area (Å²) in [4.78, 5) is 31.9. The summed E-state index contributed by atoms with van der Waals surface area (Å²) in [6.07, 6.45) is -0.0537. The molecule has 5 nitrogen and oxygen atoms in total. The van der Waals surface area contributed by atoms with Crippen LogP contribution in [-0.2, 0) is 15.1 Å². The van der Waals surface area contributed by atoms with E-state index in [9.17, 15) is 14.0 Å². The Morgan fingerprint density at radius 3 is 2.54 bits per heavy atom. The molecule has 5 rings (SSSR count). The molecule has 1 aliphatic rings. The highest BCUT2D eigenvalue weighted by molar-refractivity contribution is 7.78. The largest absolute Gasteiger partial charge is 0.439 e. The van der Waals surface area contributed by atoms with Gasteiger partial charge >= 0.3 is 0 Å². The molecule has 176 valence electrons. The minimum absolute atomic E-state index is 0.0537. The highest BCUT2D eigenvalue weighted by Crippen LogP contribution is 2.48. The van der Waals surface area contributed by atoms with Crippen LogP contribution in [-0.4, -0.2) is 21.0 Å². The topological polar surface area (TPSA) is 59.5 Å². The molecule has 2 unspecified atom stereocenters. The average Bonchev–Trinajstić information content (AvgIpc) is 3.40. The van der Waals surface area contributed by atoms with Crippen molar-refractivity contribution in [3.63, 3.8) is 0 Å². The lowest BCUT2D eigenvalue weighted by atomic mass is 9.75. The number of hydrogen-bond donors (Lipinski definition) is 1. The van der Waals surface area contributed by atoms with Crippen molar-refractivity contribution in [3.8, 4) is 11.6 Å². The highest BCUT2D eigenvalue weighted by atomic mass is 35.5. The van der Waals surface area contributed by atoms with E-state index in [2.05, 4.69) is 17.8 Å². The van der Waals surface area contributed by atoms with Gasteiger partial charge in [-0.25, -0.2) is 9.37 Å². The number of pyridine rings is 1. The van der Waals surface area contributed by atoms with Gasteiger partial charge in [-0.3, -0.25) is 13.9 Å². The zero-order valence-corrected chi connectivity index (χ0v) is 20.6. The Morgan fingerprint density at radius 1 is 1.06 bits per heavy atom. The van der Waals surface area contributed by atoms with E-state index in [4.69, 9.17) is 16.3 Å². The Labute approximate surface area is 215 Å². The monoisotopic (exact) mass is 524 g/mol. The minimum Gasteiger partial charge on any atom is -0.439 e. The number of hydrogen-bond acceptors (Lipinski definition) is 6. The minimum atomic E-state index is -1.25. The molecule has 35 heavy (non-hydrogen) atoms. The van der Waals surface area contributed by atoms with Crippen LogP contribution in [0.2, 0.25) is 5.02 Å². The molecule has 0 spiro atoms. The maximum absolute atomic E-state index is 13.7. The van der Waals surface area contributed by atoms with Crippen LogP contribution in [0.3, 0.4) is 0 Å². The van der Waals surface area contributed by atoms with Gasteiger partial charge in [0.25, 0.3) is 0 Å². The van der Waals surface area contributed by atoms with Gasteiger partial charge < -0.3 is 4.74 Å². The lowest BCUT2D eigenvalue weighted by Gasteiger charge is -2.45. The predicted octanol–water partition coefficient (Wildman–Crippen LogP) is 6.40. The summed E-state index contributed by atoms with van der Waals surface area (Å²) in [5, 5.41) is 4.08. The number of benzene rings is 2. The van der Waals surface area contributed by atoms with E-state index in [0.717, 1.165) is 0 Å². The van der Waals surface area contributed by atoms with Crippen LogP contribution in [0.5, 0.6) is 11.6 Å². The van der Waals surface area contributed by atoms with E-state index in [1.807, 2.05) is 16.8 Å². The standard InChI is InChI=1S/C26H18ClFN2O3S2/c27-20-5-2-1-4-19(20)24-21(31)14-26(30(34)25(24)32,16-12-13-35-15-16)22-6-3-7-23(29-22)33-18-10-8-17(28)9-11-18/h1-13,15,24,34H,14H2. The van der Waals surface area contributed by atoms with Gasteiger partial charge in [-0.15, -0.1) is 0 Å². The number of aromatic nitrogens is 1. The van der Waals surface area contributed by atoms with Crippen LogP contribution >= 0.6 is 35.8 Å². The molecular formula is C26H18ClFN2O3S2. The first-order valence-corrected chi connectivity index (χ1v) is 12.4. The number of ketones is 1. The molecule has 0 bridgehead atoms. The summed E-state index contributed by atoms with van der Waals surface area (Å²) < 4.78 is 20.4. The number of thiophene rings is 1. The maximum Gasteiger partial charge on any atom is 0.248 e. The fraction of sp³-hybridized carbons (Fsp3) is 0.115. The molecule has 1 fully saturated rings. The van der Waals surface area contributed by atoms with Crippen LogP contribution in [0.15, 0.2) is 83.6 Å². The SMILES string of the molecule is O=C1CC(c2ccsc2)(c2cccc(Oc3ccc(F)cc3)n2)N(S)C(=O)C1c1ccccc1Cl. The second-order valence-corrected chi connectivity index (χ2v) is 9.62. The Morgan fingerprint density at radius 2 is 1.83 bits per heavy atom. The lowest BCUT2D eigenvalue weighted by Crippen LogP contribution is -2.54. The zero-order chi connectivity index (χ0) is 24.6. The van der Waals surface area contributed by atoms with E-state index >= 15 is 0 Å². The van der Waals surface area contributed by atoms with Gasteiger partial charge in [-0.05, 0) is 64.4 Å². The number of rotatable bonds is 5. The second-order valence-electron chi connectivity index (χ2n) is 8.04. The molecule has 1 aliphatic heterocycles.